The fourth-order valence-electron chi connectivity index (χ4n) is 5.70. The van der Waals surface area contributed by atoms with Gasteiger partial charge in [-0.25, -0.2) is 9.78 Å². The average Bonchev–Trinajstić information content (AvgIpc) is 3.42. The van der Waals surface area contributed by atoms with Crippen LogP contribution in [-0.4, -0.2) is 59.9 Å². The molecule has 10 heteroatoms. The molecule has 2 aliphatic rings. The van der Waals surface area contributed by atoms with Gasteiger partial charge in [0.25, 0.3) is 0 Å². The summed E-state index contributed by atoms with van der Waals surface area (Å²) in [7, 11) is 0. The molecular formula is C29H34N8O2. The van der Waals surface area contributed by atoms with E-state index in [1.165, 1.54) is 0 Å². The van der Waals surface area contributed by atoms with Crippen molar-refractivity contribution in [2.24, 2.45) is 0 Å². The van der Waals surface area contributed by atoms with E-state index in [1.54, 1.807) is 6.20 Å². The number of aryl methyl sites for hydroxylation is 1. The number of hydrogen-bond donors (Lipinski definition) is 3. The second kappa shape index (κ2) is 9.83. The van der Waals surface area contributed by atoms with Gasteiger partial charge >= 0.3 is 6.09 Å². The summed E-state index contributed by atoms with van der Waals surface area (Å²) in [5.74, 6) is 1.93. The molecule has 2 bridgehead atoms. The highest BCUT2D eigenvalue weighted by Gasteiger charge is 2.45. The highest BCUT2D eigenvalue weighted by molar-refractivity contribution is 5.94. The van der Waals surface area contributed by atoms with E-state index in [1.807, 2.05) is 63.1 Å². The van der Waals surface area contributed by atoms with E-state index in [0.29, 0.717) is 17.6 Å². The maximum atomic E-state index is 12.9. The van der Waals surface area contributed by atoms with Crippen LogP contribution in [0.15, 0.2) is 48.8 Å². The standard InChI is InChI=1S/C29H34N8O2/c1-17-12-25(36-35-17)33-26-23-10-7-18(19-6-5-11-30-16-19)13-24(23)32-27(34-26)31-20-14-21-8-9-22(15-20)37(21)28(38)39-29(2,3)4/h5-7,10-13,16,20-22H,8-9,14-15H2,1-4H3,(H3,31,32,33,34,35,36)/t20?,21-,22+. The number of aromatic nitrogens is 5. The number of ether oxygens (including phenoxy) is 1. The zero-order chi connectivity index (χ0) is 27.1. The largest absolute Gasteiger partial charge is 0.444 e. The van der Waals surface area contributed by atoms with Crippen molar-refractivity contribution >= 4 is 34.6 Å². The third-order valence-electron chi connectivity index (χ3n) is 7.31. The van der Waals surface area contributed by atoms with Gasteiger partial charge in [-0.15, -0.1) is 0 Å². The third kappa shape index (κ3) is 5.36. The molecule has 1 unspecified atom stereocenters. The smallest absolute Gasteiger partial charge is 0.410 e. The van der Waals surface area contributed by atoms with Crippen LogP contribution < -0.4 is 10.6 Å². The number of fused-ring (bicyclic) bond motifs is 3. The van der Waals surface area contributed by atoms with Crippen molar-refractivity contribution in [3.05, 3.63) is 54.5 Å². The second-order valence-corrected chi connectivity index (χ2v) is 11.5. The lowest BCUT2D eigenvalue weighted by atomic mass is 9.98. The predicted octanol–water partition coefficient (Wildman–Crippen LogP) is 5.81. The van der Waals surface area contributed by atoms with Crippen LogP contribution in [0.3, 0.4) is 0 Å². The number of benzene rings is 1. The van der Waals surface area contributed by atoms with Crippen molar-refractivity contribution in [1.82, 2.24) is 30.0 Å². The highest BCUT2D eigenvalue weighted by Crippen LogP contribution is 2.38. The Morgan fingerprint density at radius 2 is 1.87 bits per heavy atom. The summed E-state index contributed by atoms with van der Waals surface area (Å²) in [6.45, 7) is 7.69. The Kier molecular flexibility index (Phi) is 6.32. The molecule has 3 atom stereocenters. The summed E-state index contributed by atoms with van der Waals surface area (Å²) in [5.41, 5.74) is 3.33. The first-order chi connectivity index (χ1) is 18.7. The molecule has 39 heavy (non-hydrogen) atoms. The van der Waals surface area contributed by atoms with Gasteiger partial charge in [-0.1, -0.05) is 12.1 Å². The number of rotatable bonds is 5. The maximum Gasteiger partial charge on any atom is 0.410 e. The molecular weight excluding hydrogens is 492 g/mol. The zero-order valence-electron chi connectivity index (χ0n) is 22.7. The van der Waals surface area contributed by atoms with Crippen molar-refractivity contribution in [1.29, 1.82) is 0 Å². The van der Waals surface area contributed by atoms with Crippen LogP contribution >= 0.6 is 0 Å². The molecule has 0 spiro atoms. The summed E-state index contributed by atoms with van der Waals surface area (Å²) in [5, 5.41) is 15.2. The summed E-state index contributed by atoms with van der Waals surface area (Å²) < 4.78 is 5.70. The quantitative estimate of drug-likeness (QED) is 0.298. The Labute approximate surface area is 227 Å². The molecule has 2 aliphatic heterocycles. The Morgan fingerprint density at radius 3 is 2.54 bits per heavy atom. The Balaban J connectivity index is 1.28. The number of hydrogen-bond acceptors (Lipinski definition) is 8. The summed E-state index contributed by atoms with van der Waals surface area (Å²) in [6, 6.07) is 12.5. The fourth-order valence-corrected chi connectivity index (χ4v) is 5.70. The van der Waals surface area contributed by atoms with Crippen LogP contribution in [0.2, 0.25) is 0 Å². The van der Waals surface area contributed by atoms with E-state index in [9.17, 15) is 4.79 Å². The lowest BCUT2D eigenvalue weighted by Crippen LogP contribution is -2.51. The summed E-state index contributed by atoms with van der Waals surface area (Å²) >= 11 is 0. The summed E-state index contributed by atoms with van der Waals surface area (Å²) in [6.07, 6.45) is 7.04. The van der Waals surface area contributed by atoms with Gasteiger partial charge in [0, 0.05) is 53.2 Å². The van der Waals surface area contributed by atoms with Gasteiger partial charge in [0.1, 0.15) is 11.4 Å². The first-order valence-electron chi connectivity index (χ1n) is 13.5. The first-order valence-corrected chi connectivity index (χ1v) is 13.5. The molecule has 202 valence electrons. The van der Waals surface area contributed by atoms with Crippen molar-refractivity contribution < 1.29 is 9.53 Å². The number of nitrogens with one attached hydrogen (secondary N) is 3. The van der Waals surface area contributed by atoms with Gasteiger partial charge in [-0.3, -0.25) is 10.1 Å². The molecule has 3 N–H and O–H groups in total. The number of pyridine rings is 1. The molecule has 0 saturated carbocycles. The zero-order valence-corrected chi connectivity index (χ0v) is 22.7. The van der Waals surface area contributed by atoms with Crippen LogP contribution in [0.5, 0.6) is 0 Å². The topological polar surface area (TPSA) is 121 Å². The number of piperidine rings is 1. The normalized spacial score (nSPS) is 20.7. The van der Waals surface area contributed by atoms with Gasteiger partial charge < -0.3 is 20.3 Å². The molecule has 4 aromatic rings. The van der Waals surface area contributed by atoms with Crippen LogP contribution in [0.1, 0.15) is 52.1 Å². The number of aromatic amines is 1. The number of carbonyl (C=O) groups is 1. The monoisotopic (exact) mass is 526 g/mol. The Bertz CT molecular complexity index is 1480. The highest BCUT2D eigenvalue weighted by atomic mass is 16.6. The van der Waals surface area contributed by atoms with Crippen LogP contribution in [-0.2, 0) is 4.74 Å². The van der Waals surface area contributed by atoms with Gasteiger partial charge in [0.05, 0.1) is 5.52 Å². The molecule has 1 aromatic carbocycles. The van der Waals surface area contributed by atoms with Gasteiger partial charge in [-0.05, 0) is 77.1 Å². The fraction of sp³-hybridized carbons (Fsp3) is 0.414. The Morgan fingerprint density at radius 1 is 1.08 bits per heavy atom. The maximum absolute atomic E-state index is 12.9. The number of carbonyl (C=O) groups excluding carboxylic acids is 1. The number of amides is 1. The van der Waals surface area contributed by atoms with Crippen molar-refractivity contribution in [2.45, 2.75) is 77.1 Å². The molecule has 6 rings (SSSR count). The summed E-state index contributed by atoms with van der Waals surface area (Å²) in [4.78, 5) is 28.9. The average molecular weight is 527 g/mol. The second-order valence-electron chi connectivity index (χ2n) is 11.5. The minimum atomic E-state index is -0.504. The minimum Gasteiger partial charge on any atom is -0.444 e. The van der Waals surface area contributed by atoms with E-state index in [4.69, 9.17) is 14.7 Å². The van der Waals surface area contributed by atoms with Gasteiger partial charge in [0.15, 0.2) is 5.82 Å². The number of nitrogens with zero attached hydrogens (tertiary/aromatic N) is 5. The lowest BCUT2D eigenvalue weighted by molar-refractivity contribution is 0.00682. The number of anilines is 3. The van der Waals surface area contributed by atoms with Crippen molar-refractivity contribution in [3.8, 4) is 11.1 Å². The Hall–Kier alpha value is -4.21. The van der Waals surface area contributed by atoms with E-state index in [-0.39, 0.29) is 24.2 Å². The first kappa shape index (κ1) is 25.1. The molecule has 1 amide bonds. The molecule has 3 aromatic heterocycles. The third-order valence-corrected chi connectivity index (χ3v) is 7.31. The molecule has 2 fully saturated rings. The van der Waals surface area contributed by atoms with Crippen LogP contribution in [0.25, 0.3) is 22.0 Å². The lowest BCUT2D eigenvalue weighted by Gasteiger charge is -2.39. The molecule has 0 radical (unpaired) electrons. The van der Waals surface area contributed by atoms with E-state index < -0.39 is 5.60 Å². The van der Waals surface area contributed by atoms with Gasteiger partial charge in [-0.2, -0.15) is 10.1 Å². The SMILES string of the molecule is Cc1cc(Nc2nc(NC3C[C@H]4CC[C@@H](C3)N4C(=O)OC(C)(C)C)nc3cc(-c4cccnc4)ccc23)n[nH]1. The van der Waals surface area contributed by atoms with Crippen molar-refractivity contribution in [3.63, 3.8) is 0 Å². The van der Waals surface area contributed by atoms with Crippen molar-refractivity contribution in [2.75, 3.05) is 10.6 Å². The van der Waals surface area contributed by atoms with E-state index in [0.717, 1.165) is 53.4 Å². The molecule has 10 nitrogen and oxygen atoms in total. The predicted molar refractivity (Wildman–Crippen MR) is 151 cm³/mol. The van der Waals surface area contributed by atoms with Gasteiger partial charge in [0.2, 0.25) is 5.95 Å². The minimum absolute atomic E-state index is 0.151. The number of H-pyrrole nitrogens is 1. The molecule has 5 heterocycles. The molecule has 0 aliphatic carbocycles. The van der Waals surface area contributed by atoms with Crippen LogP contribution in [0.4, 0.5) is 22.4 Å². The van der Waals surface area contributed by atoms with E-state index >= 15 is 0 Å². The van der Waals surface area contributed by atoms with Crippen LogP contribution in [0, 0.1) is 6.92 Å². The molecule has 2 saturated heterocycles. The van der Waals surface area contributed by atoms with E-state index in [2.05, 4.69) is 37.9 Å².